The first-order valence-electron chi connectivity index (χ1n) is 4.62. The van der Waals surface area contributed by atoms with Crippen LogP contribution < -0.4 is 10.0 Å². The monoisotopic (exact) mass is 228 g/mol. The second kappa shape index (κ2) is 4.39. The molecule has 0 atom stereocenters. The predicted octanol–water partition coefficient (Wildman–Crippen LogP) is 0.557. The van der Waals surface area contributed by atoms with Crippen LogP contribution in [0.3, 0.4) is 0 Å². The Balaban J connectivity index is 2.49. The van der Waals surface area contributed by atoms with Crippen molar-refractivity contribution in [1.29, 1.82) is 0 Å². The normalized spacial score (nSPS) is 11.0. The molecule has 0 aliphatic rings. The number of fused-ring (bicyclic) bond motifs is 1. The highest BCUT2D eigenvalue weighted by atomic mass is 27.1. The van der Waals surface area contributed by atoms with Crippen molar-refractivity contribution in [3.05, 3.63) is 30.1 Å². The Morgan fingerprint density at radius 3 is 3.12 bits per heavy atom. The molecule has 0 saturated heterocycles. The summed E-state index contributed by atoms with van der Waals surface area (Å²) in [6.07, 6.45) is 6.48. The van der Waals surface area contributed by atoms with Crippen LogP contribution in [-0.2, 0) is 4.79 Å². The van der Waals surface area contributed by atoms with E-state index in [-0.39, 0.29) is 0 Å². The third kappa shape index (κ3) is 2.08. The van der Waals surface area contributed by atoms with E-state index in [4.69, 9.17) is 5.73 Å². The molecule has 0 bridgehead atoms. The molecule has 0 fully saturated rings. The quantitative estimate of drug-likeness (QED) is 0.530. The first-order chi connectivity index (χ1) is 7.70. The number of nitrogens with one attached hydrogen (secondary N) is 2. The van der Waals surface area contributed by atoms with Gasteiger partial charge in [-0.15, -0.1) is 0 Å². The van der Waals surface area contributed by atoms with Gasteiger partial charge in [-0.05, 0) is 12.1 Å². The fourth-order valence-electron chi connectivity index (χ4n) is 1.41. The molecule has 2 heterocycles. The molecule has 78 valence electrons. The van der Waals surface area contributed by atoms with E-state index >= 15 is 0 Å². The van der Waals surface area contributed by atoms with Crippen molar-refractivity contribution in [3.8, 4) is 0 Å². The minimum absolute atomic E-state index is 0.470. The van der Waals surface area contributed by atoms with Gasteiger partial charge in [0, 0.05) is 28.9 Å². The lowest BCUT2D eigenvalue weighted by Crippen LogP contribution is -2.04. The minimum atomic E-state index is -0.470. The number of nitrogens with two attached hydrogens (primary N) is 1. The molecule has 0 aromatic carbocycles. The Bertz CT molecular complexity index is 561. The molecule has 0 saturated carbocycles. The number of carbonyl (C=O) groups is 1. The van der Waals surface area contributed by atoms with Gasteiger partial charge in [-0.2, -0.15) is 0 Å². The van der Waals surface area contributed by atoms with Crippen molar-refractivity contribution in [2.45, 2.75) is 0 Å². The van der Waals surface area contributed by atoms with E-state index in [2.05, 4.69) is 30.8 Å². The van der Waals surface area contributed by atoms with Crippen molar-refractivity contribution in [1.82, 2.24) is 9.97 Å². The molecule has 2 aromatic heterocycles. The van der Waals surface area contributed by atoms with Crippen molar-refractivity contribution in [2.24, 2.45) is 5.73 Å². The van der Waals surface area contributed by atoms with Crippen molar-refractivity contribution < 1.29 is 4.79 Å². The van der Waals surface area contributed by atoms with Gasteiger partial charge in [0.05, 0.1) is 6.20 Å². The smallest absolute Gasteiger partial charge is 0.305 e. The van der Waals surface area contributed by atoms with Gasteiger partial charge in [0.15, 0.2) is 0 Å². The fraction of sp³-hybridized carbons (Fsp3) is 0. The number of pyridine rings is 1. The van der Waals surface area contributed by atoms with E-state index < -0.39 is 5.91 Å². The third-order valence-corrected chi connectivity index (χ3v) is 2.49. The number of amides is 1. The molecular weight excluding hydrogens is 219 g/mol. The molecule has 1 amide bonds. The third-order valence-electron chi connectivity index (χ3n) is 2.16. The summed E-state index contributed by atoms with van der Waals surface area (Å²) in [5.74, 6) is -0.470. The Hall–Kier alpha value is -1.77. The van der Waals surface area contributed by atoms with Crippen LogP contribution in [0.5, 0.6) is 0 Å². The average Bonchev–Trinajstić information content (AvgIpc) is 2.68. The zero-order valence-electron chi connectivity index (χ0n) is 8.40. The van der Waals surface area contributed by atoms with Gasteiger partial charge in [-0.25, -0.2) is 4.98 Å². The maximum Gasteiger partial charge on any atom is 0.305 e. The van der Waals surface area contributed by atoms with Crippen molar-refractivity contribution >= 4 is 45.2 Å². The Morgan fingerprint density at radius 1 is 1.62 bits per heavy atom. The molecule has 2 radical (unpaired) electrons. The Labute approximate surface area is 100 Å². The molecule has 16 heavy (non-hydrogen) atoms. The zero-order valence-corrected chi connectivity index (χ0v) is 9.55. The van der Waals surface area contributed by atoms with Gasteiger partial charge in [0.1, 0.15) is 5.65 Å². The van der Waals surface area contributed by atoms with Gasteiger partial charge in [-0.3, -0.25) is 4.79 Å². The van der Waals surface area contributed by atoms with Crippen LogP contribution in [0.1, 0.15) is 5.56 Å². The lowest BCUT2D eigenvalue weighted by atomic mass is 10.2. The van der Waals surface area contributed by atoms with E-state index in [0.29, 0.717) is 0 Å². The summed E-state index contributed by atoms with van der Waals surface area (Å²) in [6, 6.07) is 1.94. The molecular formula is C10H9AlN4O. The zero-order chi connectivity index (χ0) is 11.5. The second-order valence-electron chi connectivity index (χ2n) is 3.24. The topological polar surface area (TPSA) is 83.8 Å². The minimum Gasteiger partial charge on any atom is -0.490 e. The summed E-state index contributed by atoms with van der Waals surface area (Å²) >= 11 is 2.40. The first kappa shape index (κ1) is 10.7. The maximum atomic E-state index is 10.6. The number of H-pyrrole nitrogens is 1. The molecule has 0 aliphatic carbocycles. The van der Waals surface area contributed by atoms with Gasteiger partial charge >= 0.3 is 16.5 Å². The lowest BCUT2D eigenvalue weighted by molar-refractivity contribution is -0.113. The molecule has 0 spiro atoms. The molecule has 2 rings (SSSR count). The highest BCUT2D eigenvalue weighted by molar-refractivity contribution is 6.16. The number of nitrogens with zero attached hydrogens (tertiary/aromatic N) is 1. The van der Waals surface area contributed by atoms with Gasteiger partial charge in [0.2, 0.25) is 5.91 Å². The van der Waals surface area contributed by atoms with Crippen molar-refractivity contribution in [3.63, 3.8) is 0 Å². The number of aromatic nitrogens is 2. The van der Waals surface area contributed by atoms with E-state index in [9.17, 15) is 4.79 Å². The number of hydrogen-bond donors (Lipinski definition) is 3. The van der Waals surface area contributed by atoms with Crippen LogP contribution in [0.15, 0.2) is 24.5 Å². The number of primary amides is 1. The van der Waals surface area contributed by atoms with Crippen LogP contribution in [0.2, 0.25) is 0 Å². The predicted molar refractivity (Wildman–Crippen MR) is 63.7 cm³/mol. The average molecular weight is 228 g/mol. The van der Waals surface area contributed by atoms with Crippen LogP contribution in [0, 0.1) is 0 Å². The molecule has 0 unspecified atom stereocenters. The summed E-state index contributed by atoms with van der Waals surface area (Å²) in [7, 11) is 0. The lowest BCUT2D eigenvalue weighted by Gasteiger charge is -2.00. The summed E-state index contributed by atoms with van der Waals surface area (Å²) in [5.41, 5.74) is 7.57. The van der Waals surface area contributed by atoms with Gasteiger partial charge in [0.25, 0.3) is 0 Å². The van der Waals surface area contributed by atoms with Crippen molar-refractivity contribution in [2.75, 3.05) is 4.30 Å². The largest absolute Gasteiger partial charge is 0.490 e. The van der Waals surface area contributed by atoms with E-state index in [1.165, 1.54) is 6.08 Å². The number of anilines is 1. The summed E-state index contributed by atoms with van der Waals surface area (Å²) in [4.78, 5) is 17.9. The number of rotatable bonds is 3. The highest BCUT2D eigenvalue weighted by Crippen LogP contribution is 2.20. The van der Waals surface area contributed by atoms with Crippen LogP contribution >= 0.6 is 0 Å². The van der Waals surface area contributed by atoms with E-state index in [1.54, 1.807) is 18.5 Å². The SMILES string of the molecule is NC(=O)/C=C/c1c[nH]c2ncc([NH][Al])cc12. The van der Waals surface area contributed by atoms with Crippen LogP contribution in [-0.4, -0.2) is 32.4 Å². The molecule has 4 N–H and O–H groups in total. The van der Waals surface area contributed by atoms with E-state index in [0.717, 1.165) is 22.3 Å². The summed E-state index contributed by atoms with van der Waals surface area (Å²) < 4.78 is 2.93. The molecule has 6 heteroatoms. The van der Waals surface area contributed by atoms with Crippen LogP contribution in [0.25, 0.3) is 17.1 Å². The van der Waals surface area contributed by atoms with Crippen LogP contribution in [0.4, 0.5) is 5.69 Å². The van der Waals surface area contributed by atoms with Gasteiger partial charge < -0.3 is 15.0 Å². The molecule has 5 nitrogen and oxygen atoms in total. The standard InChI is InChI=1S/C10H9N4O.Al/c11-7-3-8-6(1-2-9(12)15)4-13-10(8)14-5-7;/h1-5,11H,(H3,12,13,14,15);/q-1;+1. The Morgan fingerprint density at radius 2 is 2.44 bits per heavy atom. The van der Waals surface area contributed by atoms with E-state index in [1.807, 2.05) is 6.07 Å². The molecule has 2 aromatic rings. The van der Waals surface area contributed by atoms with Gasteiger partial charge in [-0.1, -0.05) is 0 Å². The summed E-state index contributed by atoms with van der Waals surface area (Å²) in [5, 5.41) is 0.935. The summed E-state index contributed by atoms with van der Waals surface area (Å²) in [6.45, 7) is 0. The highest BCUT2D eigenvalue weighted by Gasteiger charge is 2.02. The number of carbonyl (C=O) groups excluding carboxylic acids is 1. The first-order valence-corrected chi connectivity index (χ1v) is 5.19. The number of aromatic amines is 1. The fourth-order valence-corrected chi connectivity index (χ4v) is 1.57. The Kier molecular flexibility index (Phi) is 2.95. The number of hydrogen-bond acceptors (Lipinski definition) is 3. The molecule has 0 aliphatic heterocycles. The second-order valence-corrected chi connectivity index (χ2v) is 3.53. The maximum absolute atomic E-state index is 10.6.